The topological polar surface area (TPSA) is 127 Å². The maximum Gasteiger partial charge on any atom is 0.317 e. The minimum atomic E-state index is -1.50. The summed E-state index contributed by atoms with van der Waals surface area (Å²) >= 11 is 0. The van der Waals surface area contributed by atoms with E-state index < -0.39 is 24.0 Å². The maximum atomic E-state index is 10.2. The van der Waals surface area contributed by atoms with Gasteiger partial charge in [-0.25, -0.2) is 0 Å². The van der Waals surface area contributed by atoms with Gasteiger partial charge < -0.3 is 21.7 Å². The van der Waals surface area contributed by atoms with Crippen LogP contribution in [0.15, 0.2) is 0 Å². The molecule has 74 valence electrons. The molecule has 0 aliphatic heterocycles. The van der Waals surface area contributed by atoms with Gasteiger partial charge in [0.15, 0.2) is 5.92 Å². The molecule has 0 heterocycles. The number of hydrogen-bond donors (Lipinski definition) is 4. The molecule has 0 radical (unpaired) electrons. The van der Waals surface area contributed by atoms with E-state index in [1.54, 1.807) is 0 Å². The average Bonchev–Trinajstić information content (AvgIpc) is 1.81. The van der Waals surface area contributed by atoms with Crippen molar-refractivity contribution in [2.24, 2.45) is 17.4 Å². The summed E-state index contributed by atoms with van der Waals surface area (Å²) in [6.45, 7) is 0. The van der Waals surface area contributed by atoms with Crippen LogP contribution in [0.1, 0.15) is 6.42 Å². The largest absolute Gasteiger partial charge is 0.481 e. The fourth-order valence-corrected chi connectivity index (χ4v) is 0.579. The van der Waals surface area contributed by atoms with Crippen molar-refractivity contribution in [2.75, 3.05) is 0 Å². The molecule has 0 fully saturated rings. The molecule has 0 aromatic rings. The predicted octanol–water partition coefficient (Wildman–Crippen LogP) is -1.60. The van der Waals surface area contributed by atoms with E-state index in [0.29, 0.717) is 0 Å². The normalized spacial score (nSPS) is 9.67. The van der Waals surface area contributed by atoms with Crippen molar-refractivity contribution in [2.45, 2.75) is 12.6 Å². The van der Waals surface area contributed by atoms with Gasteiger partial charge in [-0.15, -0.1) is 0 Å². The Hall–Kier alpha value is -0.452. The molecule has 0 bridgehead atoms. The molecule has 0 rings (SSSR count). The Morgan fingerprint density at radius 2 is 1.50 bits per heavy atom. The van der Waals surface area contributed by atoms with Gasteiger partial charge >= 0.3 is 11.9 Å². The Balaban J connectivity index is 0. The summed E-state index contributed by atoms with van der Waals surface area (Å²) in [6.07, 6.45) is -1.17. The van der Waals surface area contributed by atoms with Crippen molar-refractivity contribution in [1.82, 2.24) is 0 Å². The third-order valence-electron chi connectivity index (χ3n) is 1.10. The molecular weight excluding hydrogens is 347 g/mol. The smallest absolute Gasteiger partial charge is 0.317 e. The van der Waals surface area contributed by atoms with Crippen LogP contribution >= 0.6 is 0 Å². The Morgan fingerprint density at radius 1 is 1.17 bits per heavy atom. The van der Waals surface area contributed by atoms with Crippen molar-refractivity contribution in [1.29, 1.82) is 0 Å². The SMILES string of the molecule is NC(N)CC(C(=O)O)C(=O)O.[Pt]. The first-order valence-corrected chi connectivity index (χ1v) is 2.92. The first-order valence-electron chi connectivity index (χ1n) is 2.92. The second-order valence-electron chi connectivity index (χ2n) is 2.13. The van der Waals surface area contributed by atoms with E-state index in [2.05, 4.69) is 0 Å². The molecule has 0 aliphatic carbocycles. The quantitative estimate of drug-likeness (QED) is 0.355. The summed E-state index contributed by atoms with van der Waals surface area (Å²) in [5, 5.41) is 16.6. The van der Waals surface area contributed by atoms with E-state index >= 15 is 0 Å². The Kier molecular flexibility index (Phi) is 7.17. The van der Waals surface area contributed by atoms with Gasteiger partial charge in [-0.05, 0) is 6.42 Å². The van der Waals surface area contributed by atoms with Crippen molar-refractivity contribution in [3.05, 3.63) is 0 Å². The first kappa shape index (κ1) is 14.1. The fourth-order valence-electron chi connectivity index (χ4n) is 0.579. The average molecular weight is 357 g/mol. The maximum absolute atomic E-state index is 10.2. The molecule has 0 aromatic heterocycles. The molecular formula is C5H10N2O4Pt. The van der Waals surface area contributed by atoms with Crippen LogP contribution in [0.5, 0.6) is 0 Å². The van der Waals surface area contributed by atoms with E-state index in [1.807, 2.05) is 0 Å². The van der Waals surface area contributed by atoms with Crippen molar-refractivity contribution in [3.63, 3.8) is 0 Å². The second-order valence-corrected chi connectivity index (χ2v) is 2.13. The molecule has 6 nitrogen and oxygen atoms in total. The number of carboxylic acids is 2. The van der Waals surface area contributed by atoms with Gasteiger partial charge in [0.05, 0.1) is 6.17 Å². The van der Waals surface area contributed by atoms with E-state index in [0.717, 1.165) is 0 Å². The second kappa shape index (κ2) is 6.11. The summed E-state index contributed by atoms with van der Waals surface area (Å²) in [5.41, 5.74) is 10.0. The number of nitrogens with two attached hydrogens (primary N) is 2. The molecule has 0 atom stereocenters. The van der Waals surface area contributed by atoms with Crippen molar-refractivity contribution < 1.29 is 40.9 Å². The monoisotopic (exact) mass is 357 g/mol. The summed E-state index contributed by atoms with van der Waals surface area (Å²) in [4.78, 5) is 20.4. The molecule has 6 N–H and O–H groups in total. The fraction of sp³-hybridized carbons (Fsp3) is 0.600. The molecule has 0 spiro atoms. The number of rotatable bonds is 4. The van der Waals surface area contributed by atoms with E-state index in [-0.39, 0.29) is 27.5 Å². The Bertz CT molecular complexity index is 159. The zero-order chi connectivity index (χ0) is 9.02. The van der Waals surface area contributed by atoms with Crippen LogP contribution in [0.2, 0.25) is 0 Å². The molecule has 0 saturated carbocycles. The number of carboxylic acid groups (broad SMARTS) is 2. The third kappa shape index (κ3) is 5.23. The first-order chi connectivity index (χ1) is 4.95. The van der Waals surface area contributed by atoms with E-state index in [1.165, 1.54) is 0 Å². The van der Waals surface area contributed by atoms with E-state index in [4.69, 9.17) is 21.7 Å². The van der Waals surface area contributed by atoms with Crippen LogP contribution in [-0.2, 0) is 30.7 Å². The van der Waals surface area contributed by atoms with Crippen LogP contribution in [0, 0.1) is 5.92 Å². The van der Waals surface area contributed by atoms with E-state index in [9.17, 15) is 9.59 Å². The molecule has 7 heteroatoms. The van der Waals surface area contributed by atoms with Crippen molar-refractivity contribution >= 4 is 11.9 Å². The van der Waals surface area contributed by atoms with Gasteiger partial charge in [-0.1, -0.05) is 0 Å². The molecule has 0 unspecified atom stereocenters. The molecule has 0 aliphatic rings. The summed E-state index contributed by atoms with van der Waals surface area (Å²) < 4.78 is 0. The van der Waals surface area contributed by atoms with Crippen LogP contribution in [0.25, 0.3) is 0 Å². The standard InChI is InChI=1S/C5H10N2O4.Pt/c6-3(7)1-2(4(8)9)5(10)11;/h2-3H,1,6-7H2,(H,8,9)(H,10,11);. The van der Waals surface area contributed by atoms with Gasteiger partial charge in [0.25, 0.3) is 0 Å². The zero-order valence-electron chi connectivity index (χ0n) is 6.04. The summed E-state index contributed by atoms with van der Waals surface area (Å²) in [5.74, 6) is -4.34. The summed E-state index contributed by atoms with van der Waals surface area (Å²) in [7, 11) is 0. The van der Waals surface area contributed by atoms with Crippen LogP contribution in [0.4, 0.5) is 0 Å². The minimum Gasteiger partial charge on any atom is -0.481 e. The number of aliphatic carboxylic acids is 2. The summed E-state index contributed by atoms with van der Waals surface area (Å²) in [6, 6.07) is 0. The van der Waals surface area contributed by atoms with Gasteiger partial charge in [-0.3, -0.25) is 9.59 Å². The Morgan fingerprint density at radius 3 is 1.58 bits per heavy atom. The third-order valence-corrected chi connectivity index (χ3v) is 1.10. The molecule has 0 saturated heterocycles. The van der Waals surface area contributed by atoms with Gasteiger partial charge in [0.2, 0.25) is 0 Å². The Labute approximate surface area is 83.2 Å². The predicted molar refractivity (Wildman–Crippen MR) is 35.5 cm³/mol. The van der Waals surface area contributed by atoms with Crippen LogP contribution in [0.3, 0.4) is 0 Å². The van der Waals surface area contributed by atoms with Gasteiger partial charge in [0.1, 0.15) is 0 Å². The minimum absolute atomic E-state index is 0. The van der Waals surface area contributed by atoms with Crippen LogP contribution < -0.4 is 11.5 Å². The van der Waals surface area contributed by atoms with Crippen molar-refractivity contribution in [3.8, 4) is 0 Å². The molecule has 12 heavy (non-hydrogen) atoms. The zero-order valence-corrected chi connectivity index (χ0v) is 8.32. The van der Waals surface area contributed by atoms with Crippen LogP contribution in [-0.4, -0.2) is 28.3 Å². The number of hydrogen-bond acceptors (Lipinski definition) is 4. The van der Waals surface area contributed by atoms with Gasteiger partial charge in [0, 0.05) is 21.1 Å². The number of carbonyl (C=O) groups is 2. The molecule has 0 amide bonds. The molecule has 0 aromatic carbocycles. The van der Waals surface area contributed by atoms with Gasteiger partial charge in [-0.2, -0.15) is 0 Å².